The Morgan fingerprint density at radius 2 is 1.68 bits per heavy atom. The third kappa shape index (κ3) is 9.60. The summed E-state index contributed by atoms with van der Waals surface area (Å²) < 4.78 is 33.2. The molecule has 0 amide bonds. The van der Waals surface area contributed by atoms with Gasteiger partial charge < -0.3 is 25.1 Å². The number of esters is 1. The second-order valence-corrected chi connectivity index (χ2v) is 9.36. The van der Waals surface area contributed by atoms with Gasteiger partial charge in [-0.25, -0.2) is 18.4 Å². The maximum Gasteiger partial charge on any atom is 0.330 e. The molecule has 0 spiro atoms. The molecule has 12 heteroatoms. The highest BCUT2D eigenvalue weighted by Crippen LogP contribution is 2.19. The van der Waals surface area contributed by atoms with Crippen molar-refractivity contribution < 1.29 is 32.6 Å². The number of nitrogens with zero attached hydrogens (tertiary/aromatic N) is 2. The van der Waals surface area contributed by atoms with Gasteiger partial charge in [-0.1, -0.05) is 45.4 Å². The fraction of sp³-hybridized carbons (Fsp3) is 0.842. The summed E-state index contributed by atoms with van der Waals surface area (Å²) in [6.45, 7) is 3.56. The van der Waals surface area contributed by atoms with E-state index in [4.69, 9.17) is 20.0 Å². The Morgan fingerprint density at radius 1 is 1.10 bits per heavy atom. The van der Waals surface area contributed by atoms with E-state index in [2.05, 4.69) is 17.1 Å². The Bertz CT molecular complexity index is 771. The van der Waals surface area contributed by atoms with Crippen LogP contribution in [0.5, 0.6) is 0 Å². The predicted octanol–water partition coefficient (Wildman–Crippen LogP) is 0.176. The number of nitrogens with two attached hydrogens (primary N) is 2. The molecule has 0 aliphatic rings. The van der Waals surface area contributed by atoms with Gasteiger partial charge in [0.15, 0.2) is 5.54 Å². The van der Waals surface area contributed by atoms with Crippen molar-refractivity contribution in [2.75, 3.05) is 12.4 Å². The number of carbonyl (C=O) groups is 1. The number of hydrogen-bond acceptors (Lipinski definition) is 10. The number of carbonyl (C=O) groups excluding carboxylic acids is 1. The molecule has 180 valence electrons. The lowest BCUT2D eigenvalue weighted by Gasteiger charge is -2.33. The molecule has 1 rings (SSSR count). The summed E-state index contributed by atoms with van der Waals surface area (Å²) in [4.78, 5) is 12.2. The smallest absolute Gasteiger partial charge is 0.330 e. The fourth-order valence-corrected chi connectivity index (χ4v) is 4.16. The first kappa shape index (κ1) is 27.4. The van der Waals surface area contributed by atoms with Crippen LogP contribution in [0.2, 0.25) is 0 Å². The van der Waals surface area contributed by atoms with E-state index < -0.39 is 39.5 Å². The molecule has 0 aliphatic carbocycles. The molecule has 31 heavy (non-hydrogen) atoms. The Hall–Kier alpha value is -1.60. The van der Waals surface area contributed by atoms with E-state index >= 15 is 0 Å². The van der Waals surface area contributed by atoms with Crippen molar-refractivity contribution in [2.45, 2.75) is 89.4 Å². The van der Waals surface area contributed by atoms with Crippen molar-refractivity contribution in [1.82, 2.24) is 10.2 Å². The molecular weight excluding hydrogens is 428 g/mol. The minimum atomic E-state index is -4.26. The topological polar surface area (TPSA) is 192 Å². The van der Waals surface area contributed by atoms with Gasteiger partial charge in [-0.3, -0.25) is 0 Å². The first-order chi connectivity index (χ1) is 14.5. The maximum absolute atomic E-state index is 12.2. The van der Waals surface area contributed by atoms with E-state index in [1.54, 1.807) is 0 Å². The quantitative estimate of drug-likeness (QED) is 0.194. The SMILES string of the molecule is CCCCCCCCCc1nnc(CC(O)C(O)C(N)(CS(N)(=O)=O)C(=O)OCC)o1. The Balaban J connectivity index is 2.66. The molecule has 0 radical (unpaired) electrons. The van der Waals surface area contributed by atoms with Gasteiger partial charge in [0, 0.05) is 6.42 Å². The first-order valence-corrected chi connectivity index (χ1v) is 12.4. The molecule has 0 aliphatic heterocycles. The molecule has 1 heterocycles. The lowest BCUT2D eigenvalue weighted by atomic mass is 9.90. The molecular formula is C19H36N4O7S. The van der Waals surface area contributed by atoms with Crippen LogP contribution in [0.4, 0.5) is 0 Å². The second-order valence-electron chi connectivity index (χ2n) is 7.75. The highest BCUT2D eigenvalue weighted by Gasteiger charge is 2.49. The minimum Gasteiger partial charge on any atom is -0.465 e. The zero-order valence-corrected chi connectivity index (χ0v) is 19.1. The number of primary sulfonamides is 1. The number of unbranched alkanes of at least 4 members (excludes halogenated alkanes) is 6. The average molecular weight is 465 g/mol. The lowest BCUT2D eigenvalue weighted by Crippen LogP contribution is -2.66. The van der Waals surface area contributed by atoms with Gasteiger partial charge in [0.25, 0.3) is 0 Å². The normalized spacial score (nSPS) is 15.9. The van der Waals surface area contributed by atoms with E-state index in [-0.39, 0.29) is 18.9 Å². The van der Waals surface area contributed by atoms with E-state index in [9.17, 15) is 23.4 Å². The van der Waals surface area contributed by atoms with Crippen molar-refractivity contribution in [2.24, 2.45) is 10.9 Å². The van der Waals surface area contributed by atoms with Crippen LogP contribution in [0.15, 0.2) is 4.42 Å². The molecule has 1 aromatic rings. The average Bonchev–Trinajstić information content (AvgIpc) is 3.12. The van der Waals surface area contributed by atoms with Gasteiger partial charge in [-0.15, -0.1) is 10.2 Å². The number of aromatic nitrogens is 2. The third-order valence-corrected chi connectivity index (χ3v) is 5.75. The zero-order valence-electron chi connectivity index (χ0n) is 18.3. The molecule has 3 atom stereocenters. The van der Waals surface area contributed by atoms with Crippen molar-refractivity contribution >= 4 is 16.0 Å². The predicted molar refractivity (Wildman–Crippen MR) is 113 cm³/mol. The number of hydrogen-bond donors (Lipinski definition) is 4. The summed E-state index contributed by atoms with van der Waals surface area (Å²) in [6.07, 6.45) is 4.58. The van der Waals surface area contributed by atoms with Gasteiger partial charge in [0.05, 0.1) is 24.9 Å². The zero-order chi connectivity index (χ0) is 23.5. The van der Waals surface area contributed by atoms with E-state index in [1.807, 2.05) is 0 Å². The summed E-state index contributed by atoms with van der Waals surface area (Å²) in [5.74, 6) is -1.86. The van der Waals surface area contributed by atoms with E-state index in [0.29, 0.717) is 12.3 Å². The van der Waals surface area contributed by atoms with Crippen LogP contribution in [-0.2, 0) is 32.4 Å². The molecule has 0 saturated carbocycles. The van der Waals surface area contributed by atoms with E-state index in [1.165, 1.54) is 32.6 Å². The van der Waals surface area contributed by atoms with Gasteiger partial charge in [-0.2, -0.15) is 0 Å². The Kier molecular flexibility index (Phi) is 11.6. The number of rotatable bonds is 16. The van der Waals surface area contributed by atoms with Crippen molar-refractivity contribution in [3.8, 4) is 0 Å². The lowest BCUT2D eigenvalue weighted by molar-refractivity contribution is -0.156. The summed E-state index contributed by atoms with van der Waals surface area (Å²) in [7, 11) is -4.26. The van der Waals surface area contributed by atoms with Gasteiger partial charge in [0.1, 0.15) is 6.10 Å². The van der Waals surface area contributed by atoms with Crippen LogP contribution in [0, 0.1) is 0 Å². The minimum absolute atomic E-state index is 0.0336. The van der Waals surface area contributed by atoms with Crippen LogP contribution in [0.1, 0.15) is 70.6 Å². The van der Waals surface area contributed by atoms with Crippen LogP contribution < -0.4 is 10.9 Å². The number of ether oxygens (including phenoxy) is 1. The largest absolute Gasteiger partial charge is 0.465 e. The second kappa shape index (κ2) is 13.1. The maximum atomic E-state index is 12.2. The van der Waals surface area contributed by atoms with Crippen LogP contribution >= 0.6 is 0 Å². The van der Waals surface area contributed by atoms with E-state index in [0.717, 1.165) is 19.3 Å². The summed E-state index contributed by atoms with van der Waals surface area (Å²) in [5, 5.41) is 33.5. The molecule has 0 saturated heterocycles. The van der Waals surface area contributed by atoms with Crippen molar-refractivity contribution in [3.63, 3.8) is 0 Å². The first-order valence-electron chi connectivity index (χ1n) is 10.7. The molecule has 6 N–H and O–H groups in total. The summed E-state index contributed by atoms with van der Waals surface area (Å²) in [5.41, 5.74) is 3.38. The monoisotopic (exact) mass is 464 g/mol. The van der Waals surface area contributed by atoms with Crippen LogP contribution in [0.25, 0.3) is 0 Å². The number of sulfonamides is 1. The molecule has 0 fully saturated rings. The molecule has 3 unspecified atom stereocenters. The molecule has 0 aromatic carbocycles. The Morgan fingerprint density at radius 3 is 2.26 bits per heavy atom. The standard InChI is InChI=1S/C19H36N4O7S/c1-3-5-6-7-8-9-10-11-15-22-23-16(30-15)12-14(24)17(25)19(20,13-31(21,27)28)18(26)29-4-2/h14,17,24-25H,3-13,20H2,1-2H3,(H2,21,27,28). The number of aliphatic hydroxyl groups excluding tert-OH is 2. The van der Waals surface area contributed by atoms with Gasteiger partial charge >= 0.3 is 5.97 Å². The molecule has 11 nitrogen and oxygen atoms in total. The van der Waals surface area contributed by atoms with Gasteiger partial charge in [-0.05, 0) is 13.3 Å². The number of aryl methyl sites for hydroxylation is 1. The fourth-order valence-electron chi connectivity index (χ4n) is 3.20. The summed E-state index contributed by atoms with van der Waals surface area (Å²) >= 11 is 0. The van der Waals surface area contributed by atoms with Gasteiger partial charge in [0.2, 0.25) is 21.8 Å². The highest BCUT2D eigenvalue weighted by atomic mass is 32.2. The third-order valence-electron chi connectivity index (χ3n) is 4.87. The van der Waals surface area contributed by atoms with Crippen molar-refractivity contribution in [1.29, 1.82) is 0 Å². The highest BCUT2D eigenvalue weighted by molar-refractivity contribution is 7.89. The molecule has 0 bridgehead atoms. The molecule has 1 aromatic heterocycles. The number of aliphatic hydroxyl groups is 2. The van der Waals surface area contributed by atoms with Crippen LogP contribution in [0.3, 0.4) is 0 Å². The Labute approximate surface area is 183 Å². The summed E-state index contributed by atoms with van der Waals surface area (Å²) in [6, 6.07) is 0. The van der Waals surface area contributed by atoms with Crippen molar-refractivity contribution in [3.05, 3.63) is 11.8 Å². The van der Waals surface area contributed by atoms with Crippen LogP contribution in [-0.4, -0.2) is 64.9 Å².